The largest absolute Gasteiger partial charge is 0.489 e. The monoisotopic (exact) mass is 484 g/mol. The Morgan fingerprint density at radius 1 is 1.03 bits per heavy atom. The van der Waals surface area contributed by atoms with Crippen LogP contribution in [-0.4, -0.2) is 27.3 Å². The Morgan fingerprint density at radius 3 is 2.63 bits per heavy atom. The van der Waals surface area contributed by atoms with Crippen LogP contribution in [0.15, 0.2) is 84.0 Å². The van der Waals surface area contributed by atoms with Gasteiger partial charge in [-0.2, -0.15) is 4.98 Å². The second-order valence-corrected chi connectivity index (χ2v) is 8.68. The highest BCUT2D eigenvalue weighted by Gasteiger charge is 2.35. The van der Waals surface area contributed by atoms with Crippen LogP contribution in [0.1, 0.15) is 30.7 Å². The molecule has 0 aliphatic carbocycles. The number of nitrogens with zero attached hydrogens (tertiary/aromatic N) is 4. The predicted octanol–water partition coefficient (Wildman–Crippen LogP) is 5.67. The number of hydrogen-bond donors (Lipinski definition) is 0. The van der Waals surface area contributed by atoms with E-state index in [9.17, 15) is 4.79 Å². The predicted molar refractivity (Wildman–Crippen MR) is 135 cm³/mol. The number of rotatable bonds is 6. The number of amides is 1. The lowest BCUT2D eigenvalue weighted by atomic mass is 10.1. The summed E-state index contributed by atoms with van der Waals surface area (Å²) in [5.74, 6) is 0.940. The van der Waals surface area contributed by atoms with E-state index < -0.39 is 6.23 Å². The van der Waals surface area contributed by atoms with Gasteiger partial charge in [-0.1, -0.05) is 79.3 Å². The Bertz CT molecular complexity index is 1350. The molecule has 1 aromatic heterocycles. The molecule has 3 aromatic carbocycles. The van der Waals surface area contributed by atoms with Crippen LogP contribution in [0, 0.1) is 0 Å². The van der Waals surface area contributed by atoms with Crippen molar-refractivity contribution in [3.05, 3.63) is 90.0 Å². The van der Waals surface area contributed by atoms with E-state index in [-0.39, 0.29) is 5.91 Å². The third kappa shape index (κ3) is 4.70. The third-order valence-electron chi connectivity index (χ3n) is 5.66. The van der Waals surface area contributed by atoms with Crippen molar-refractivity contribution in [2.75, 3.05) is 11.2 Å². The van der Waals surface area contributed by atoms with E-state index in [0.717, 1.165) is 16.7 Å². The van der Waals surface area contributed by atoms with Crippen molar-refractivity contribution >= 4 is 23.4 Å². The maximum atomic E-state index is 13.3. The van der Waals surface area contributed by atoms with Gasteiger partial charge in [0.15, 0.2) is 5.69 Å². The molecule has 0 fully saturated rings. The second-order valence-electron chi connectivity index (χ2n) is 7.90. The fraction of sp³-hybridized carbons (Fsp3) is 0.185. The topological polar surface area (TPSA) is 77.4 Å². The van der Waals surface area contributed by atoms with E-state index in [0.29, 0.717) is 41.2 Å². The molecule has 0 N–H and O–H groups in total. The minimum absolute atomic E-state index is 0.0797. The number of anilines is 1. The van der Waals surface area contributed by atoms with E-state index in [1.807, 2.05) is 92.0 Å². The molecule has 0 spiro atoms. The van der Waals surface area contributed by atoms with Crippen molar-refractivity contribution in [3.8, 4) is 22.9 Å². The molecule has 1 aliphatic heterocycles. The quantitative estimate of drug-likeness (QED) is 0.326. The molecule has 1 atom stereocenters. The van der Waals surface area contributed by atoms with Gasteiger partial charge in [-0.05, 0) is 30.0 Å². The first kappa shape index (κ1) is 22.9. The van der Waals surface area contributed by atoms with Crippen molar-refractivity contribution < 1.29 is 14.3 Å². The van der Waals surface area contributed by atoms with Gasteiger partial charge in [-0.25, -0.2) is 0 Å². The zero-order valence-electron chi connectivity index (χ0n) is 19.4. The van der Waals surface area contributed by atoms with Crippen LogP contribution in [-0.2, 0) is 11.4 Å². The molecule has 0 bridgehead atoms. The fourth-order valence-electron chi connectivity index (χ4n) is 3.96. The van der Waals surface area contributed by atoms with Gasteiger partial charge >= 0.3 is 0 Å². The summed E-state index contributed by atoms with van der Waals surface area (Å²) in [4.78, 5) is 19.5. The molecule has 8 heteroatoms. The molecule has 1 aliphatic rings. The zero-order valence-corrected chi connectivity index (χ0v) is 20.2. The first-order valence-electron chi connectivity index (χ1n) is 11.3. The summed E-state index contributed by atoms with van der Waals surface area (Å²) in [7, 11) is 0. The highest BCUT2D eigenvalue weighted by molar-refractivity contribution is 7.98. The van der Waals surface area contributed by atoms with Gasteiger partial charge in [0.1, 0.15) is 12.4 Å². The second kappa shape index (κ2) is 10.1. The molecule has 4 aromatic rings. The van der Waals surface area contributed by atoms with E-state index in [1.54, 1.807) is 4.90 Å². The van der Waals surface area contributed by atoms with Crippen LogP contribution < -0.4 is 14.4 Å². The Kier molecular flexibility index (Phi) is 6.63. The molecule has 0 radical (unpaired) electrons. The van der Waals surface area contributed by atoms with Gasteiger partial charge in [-0.3, -0.25) is 9.69 Å². The molecule has 0 unspecified atom stereocenters. The zero-order chi connectivity index (χ0) is 24.2. The first-order chi connectivity index (χ1) is 17.2. The Balaban J connectivity index is 1.58. The molecule has 7 nitrogen and oxygen atoms in total. The fourth-order valence-corrected chi connectivity index (χ4v) is 4.25. The smallest absolute Gasteiger partial charge is 0.247 e. The molecule has 176 valence electrons. The van der Waals surface area contributed by atoms with Gasteiger partial charge in [0, 0.05) is 17.5 Å². The van der Waals surface area contributed by atoms with Crippen molar-refractivity contribution in [1.82, 2.24) is 15.2 Å². The average molecular weight is 485 g/mol. The highest BCUT2D eigenvalue weighted by Crippen LogP contribution is 2.43. The number of ether oxygens (including phenoxy) is 2. The Labute approximate surface area is 208 Å². The van der Waals surface area contributed by atoms with Crippen LogP contribution in [0.5, 0.6) is 11.6 Å². The lowest BCUT2D eigenvalue weighted by Gasteiger charge is -2.30. The molecule has 0 saturated carbocycles. The van der Waals surface area contributed by atoms with E-state index >= 15 is 0 Å². The van der Waals surface area contributed by atoms with Crippen LogP contribution >= 0.6 is 11.8 Å². The Morgan fingerprint density at radius 2 is 1.83 bits per heavy atom. The summed E-state index contributed by atoms with van der Waals surface area (Å²) in [6, 6.07) is 25.2. The third-order valence-corrected chi connectivity index (χ3v) is 6.20. The van der Waals surface area contributed by atoms with Crippen LogP contribution in [0.2, 0.25) is 0 Å². The molecule has 0 saturated heterocycles. The van der Waals surface area contributed by atoms with E-state index in [4.69, 9.17) is 9.47 Å². The average Bonchev–Trinajstić information content (AvgIpc) is 3.06. The number of carbonyl (C=O) groups is 1. The number of aromatic nitrogens is 3. The van der Waals surface area contributed by atoms with Crippen molar-refractivity contribution in [2.24, 2.45) is 0 Å². The molecule has 1 amide bonds. The molecule has 35 heavy (non-hydrogen) atoms. The van der Waals surface area contributed by atoms with Crippen molar-refractivity contribution in [3.63, 3.8) is 0 Å². The minimum atomic E-state index is -0.753. The van der Waals surface area contributed by atoms with Gasteiger partial charge in [0.2, 0.25) is 23.2 Å². The van der Waals surface area contributed by atoms with E-state index in [1.165, 1.54) is 11.8 Å². The summed E-state index contributed by atoms with van der Waals surface area (Å²) >= 11 is 1.38. The molecular formula is C27H24N4O3S. The van der Waals surface area contributed by atoms with Crippen LogP contribution in [0.25, 0.3) is 11.3 Å². The highest BCUT2D eigenvalue weighted by atomic mass is 32.2. The van der Waals surface area contributed by atoms with Gasteiger partial charge < -0.3 is 9.47 Å². The number of thioether (sulfide) groups is 1. The SMILES string of the molecule is CCC(=O)N1c2ccccc2-c2nnc(SC)nc2O[C@@H]1c1cccc(OCc2ccccc2)c1. The Hall–Kier alpha value is -3.91. The van der Waals surface area contributed by atoms with E-state index in [2.05, 4.69) is 15.2 Å². The number of hydrogen-bond acceptors (Lipinski definition) is 7. The van der Waals surface area contributed by atoms with Crippen molar-refractivity contribution in [1.29, 1.82) is 0 Å². The van der Waals surface area contributed by atoms with Gasteiger partial charge in [0.05, 0.1) is 5.69 Å². The van der Waals surface area contributed by atoms with Gasteiger partial charge in [0.25, 0.3) is 0 Å². The molecule has 2 heterocycles. The van der Waals surface area contributed by atoms with Crippen molar-refractivity contribution in [2.45, 2.75) is 31.3 Å². The summed E-state index contributed by atoms with van der Waals surface area (Å²) in [6.07, 6.45) is 1.44. The molecule has 5 rings (SSSR count). The maximum Gasteiger partial charge on any atom is 0.247 e. The minimum Gasteiger partial charge on any atom is -0.489 e. The van der Waals surface area contributed by atoms with Crippen LogP contribution in [0.4, 0.5) is 5.69 Å². The summed E-state index contributed by atoms with van der Waals surface area (Å²) in [6.45, 7) is 2.27. The number of carbonyl (C=O) groups excluding carboxylic acids is 1. The standard InChI is InChI=1S/C27H24N4O3S/c1-3-23(32)31-22-15-8-7-14-21(22)24-25(28-27(35-2)30-29-24)34-26(31)19-12-9-13-20(16-19)33-17-18-10-5-4-6-11-18/h4-16,26H,3,17H2,1-2H3/t26-/m1/s1. The van der Waals surface area contributed by atoms with Gasteiger partial charge in [-0.15, -0.1) is 10.2 Å². The maximum absolute atomic E-state index is 13.3. The molecular weight excluding hydrogens is 460 g/mol. The number of para-hydroxylation sites is 1. The summed E-state index contributed by atoms with van der Waals surface area (Å²) in [5.41, 5.74) is 3.79. The van der Waals surface area contributed by atoms with Crippen LogP contribution in [0.3, 0.4) is 0 Å². The summed E-state index contributed by atoms with van der Waals surface area (Å²) in [5, 5.41) is 9.10. The normalized spacial score (nSPS) is 14.3. The first-order valence-corrected chi connectivity index (χ1v) is 12.5. The number of fused-ring (bicyclic) bond motifs is 3. The lowest BCUT2D eigenvalue weighted by Crippen LogP contribution is -2.37. The lowest BCUT2D eigenvalue weighted by molar-refractivity contribution is -0.120. The number of benzene rings is 3. The summed E-state index contributed by atoms with van der Waals surface area (Å²) < 4.78 is 12.5.